The molecule has 1 saturated carbocycles. The van der Waals surface area contributed by atoms with E-state index in [0.717, 1.165) is 17.9 Å². The molecular weight excluding hydrogens is 208 g/mol. The molecule has 0 aromatic heterocycles. The van der Waals surface area contributed by atoms with Crippen molar-refractivity contribution >= 4 is 17.7 Å². The minimum absolute atomic E-state index is 0.257. The summed E-state index contributed by atoms with van der Waals surface area (Å²) in [6.45, 7) is 0.618. The fourth-order valence-electron chi connectivity index (χ4n) is 2.33. The fourth-order valence-corrected chi connectivity index (χ4v) is 3.54. The number of carbonyl (C=O) groups excluding carboxylic acids is 1. The summed E-state index contributed by atoms with van der Waals surface area (Å²) in [5.74, 6) is 3.40. The summed E-state index contributed by atoms with van der Waals surface area (Å²) >= 11 is 1.89. The normalized spacial score (nSPS) is 27.7. The highest BCUT2D eigenvalue weighted by Gasteiger charge is 2.37. The average Bonchev–Trinajstić information content (AvgIpc) is 2.93. The highest BCUT2D eigenvalue weighted by atomic mass is 32.2. The lowest BCUT2D eigenvalue weighted by Gasteiger charge is -2.29. The quantitative estimate of drug-likeness (QED) is 0.779. The van der Waals surface area contributed by atoms with Gasteiger partial charge in [-0.05, 0) is 30.9 Å². The van der Waals surface area contributed by atoms with Crippen molar-refractivity contribution in [2.75, 3.05) is 25.1 Å². The monoisotopic (exact) mass is 228 g/mol. The van der Waals surface area contributed by atoms with Gasteiger partial charge in [0.05, 0.1) is 0 Å². The van der Waals surface area contributed by atoms with Crippen LogP contribution in [0.4, 0.5) is 0 Å². The third-order valence-electron chi connectivity index (χ3n) is 3.53. The Morgan fingerprint density at radius 2 is 2.27 bits per heavy atom. The van der Waals surface area contributed by atoms with Crippen LogP contribution in [-0.2, 0) is 4.79 Å². The van der Waals surface area contributed by atoms with Crippen LogP contribution >= 0.6 is 11.8 Å². The highest BCUT2D eigenvalue weighted by Crippen LogP contribution is 2.35. The van der Waals surface area contributed by atoms with Crippen LogP contribution in [-0.4, -0.2) is 41.9 Å². The van der Waals surface area contributed by atoms with Crippen LogP contribution in [0.2, 0.25) is 0 Å². The molecule has 2 atom stereocenters. The summed E-state index contributed by atoms with van der Waals surface area (Å²) < 4.78 is 0. The summed E-state index contributed by atoms with van der Waals surface area (Å²) in [5, 5.41) is 0. The Balaban J connectivity index is 1.92. The minimum Gasteiger partial charge on any atom is -0.341 e. The number of hydrogen-bond donors (Lipinski definition) is 1. The lowest BCUT2D eigenvalue weighted by Crippen LogP contribution is -2.45. The molecule has 0 bridgehead atoms. The highest BCUT2D eigenvalue weighted by molar-refractivity contribution is 7.99. The molecular formula is C11H20N2OS. The molecule has 2 aliphatic rings. The molecule has 2 N–H and O–H groups in total. The van der Waals surface area contributed by atoms with Crippen molar-refractivity contribution in [1.82, 2.24) is 4.90 Å². The third kappa shape index (κ3) is 2.48. The second kappa shape index (κ2) is 4.74. The van der Waals surface area contributed by atoms with E-state index in [1.807, 2.05) is 23.7 Å². The molecule has 3 nitrogen and oxygen atoms in total. The molecule has 2 rings (SSSR count). The van der Waals surface area contributed by atoms with Crippen LogP contribution in [0.15, 0.2) is 0 Å². The summed E-state index contributed by atoms with van der Waals surface area (Å²) in [4.78, 5) is 14.1. The van der Waals surface area contributed by atoms with Crippen molar-refractivity contribution < 1.29 is 4.79 Å². The maximum Gasteiger partial charge on any atom is 0.226 e. The average molecular weight is 228 g/mol. The smallest absolute Gasteiger partial charge is 0.226 e. The molecule has 0 aromatic rings. The Kier molecular flexibility index (Phi) is 3.57. The van der Waals surface area contributed by atoms with Gasteiger partial charge < -0.3 is 10.6 Å². The molecule has 15 heavy (non-hydrogen) atoms. The molecule has 4 heteroatoms. The van der Waals surface area contributed by atoms with Crippen molar-refractivity contribution in [2.24, 2.45) is 17.6 Å². The Labute approximate surface area is 95.8 Å². The van der Waals surface area contributed by atoms with Crippen LogP contribution in [0.5, 0.6) is 0 Å². The number of amides is 1. The fraction of sp³-hybridized carbons (Fsp3) is 0.909. The van der Waals surface area contributed by atoms with E-state index < -0.39 is 0 Å². The maximum absolute atomic E-state index is 12.1. The van der Waals surface area contributed by atoms with E-state index in [-0.39, 0.29) is 5.92 Å². The predicted molar refractivity (Wildman–Crippen MR) is 63.8 cm³/mol. The molecule has 2 unspecified atom stereocenters. The predicted octanol–water partition coefficient (Wildman–Crippen LogP) is 0.935. The number of nitrogens with zero attached hydrogens (tertiary/aromatic N) is 1. The zero-order valence-electron chi connectivity index (χ0n) is 9.32. The number of likely N-dealkylation sites (N-methyl/N-ethyl adjacent to an activating group) is 1. The van der Waals surface area contributed by atoms with Crippen LogP contribution in [0.1, 0.15) is 19.3 Å². The van der Waals surface area contributed by atoms with E-state index >= 15 is 0 Å². The number of thioether (sulfide) groups is 1. The van der Waals surface area contributed by atoms with Crippen LogP contribution in [0, 0.1) is 11.8 Å². The first-order valence-corrected chi connectivity index (χ1v) is 6.94. The zero-order chi connectivity index (χ0) is 10.8. The first kappa shape index (κ1) is 11.3. The van der Waals surface area contributed by atoms with Crippen molar-refractivity contribution in [3.05, 3.63) is 0 Å². The van der Waals surface area contributed by atoms with E-state index in [1.165, 1.54) is 12.8 Å². The molecule has 0 aromatic carbocycles. The molecule has 2 fully saturated rings. The molecule has 1 amide bonds. The van der Waals surface area contributed by atoms with Crippen molar-refractivity contribution in [3.8, 4) is 0 Å². The molecule has 0 radical (unpaired) electrons. The van der Waals surface area contributed by atoms with Gasteiger partial charge in [-0.25, -0.2) is 0 Å². The van der Waals surface area contributed by atoms with E-state index in [4.69, 9.17) is 5.73 Å². The molecule has 0 spiro atoms. The van der Waals surface area contributed by atoms with Gasteiger partial charge >= 0.3 is 0 Å². The third-order valence-corrected chi connectivity index (χ3v) is 4.69. The van der Waals surface area contributed by atoms with Crippen LogP contribution in [0.3, 0.4) is 0 Å². The van der Waals surface area contributed by atoms with Gasteiger partial charge in [0.2, 0.25) is 5.91 Å². The standard InChI is InChI=1S/C11H20N2OS/c1-13(10(6-12)8-2-3-8)11(14)9-4-5-15-7-9/h8-10H,2-7,12H2,1H3. The summed E-state index contributed by atoms with van der Waals surface area (Å²) in [5.41, 5.74) is 5.75. The Hall–Kier alpha value is -0.220. The van der Waals surface area contributed by atoms with Gasteiger partial charge in [-0.2, -0.15) is 11.8 Å². The van der Waals surface area contributed by atoms with E-state index in [1.54, 1.807) is 0 Å². The number of hydrogen-bond acceptors (Lipinski definition) is 3. The van der Waals surface area contributed by atoms with Gasteiger partial charge in [0.15, 0.2) is 0 Å². The minimum atomic E-state index is 0.257. The summed E-state index contributed by atoms with van der Waals surface area (Å²) in [6, 6.07) is 0.295. The van der Waals surface area contributed by atoms with Crippen molar-refractivity contribution in [3.63, 3.8) is 0 Å². The Morgan fingerprint density at radius 3 is 2.73 bits per heavy atom. The van der Waals surface area contributed by atoms with Gasteiger partial charge in [-0.3, -0.25) is 4.79 Å². The van der Waals surface area contributed by atoms with Crippen molar-refractivity contribution in [2.45, 2.75) is 25.3 Å². The SMILES string of the molecule is CN(C(=O)C1CCSC1)C(CN)C1CC1. The van der Waals surface area contributed by atoms with E-state index in [9.17, 15) is 4.79 Å². The van der Waals surface area contributed by atoms with Crippen LogP contribution in [0.25, 0.3) is 0 Å². The van der Waals surface area contributed by atoms with Crippen molar-refractivity contribution in [1.29, 1.82) is 0 Å². The topological polar surface area (TPSA) is 46.3 Å². The molecule has 86 valence electrons. The molecule has 1 saturated heterocycles. The zero-order valence-corrected chi connectivity index (χ0v) is 10.1. The summed E-state index contributed by atoms with van der Waals surface area (Å²) in [7, 11) is 1.93. The van der Waals surface area contributed by atoms with Gasteiger partial charge in [0.1, 0.15) is 0 Å². The molecule has 1 aliphatic carbocycles. The Morgan fingerprint density at radius 1 is 1.53 bits per heavy atom. The van der Waals surface area contributed by atoms with Gasteiger partial charge in [0, 0.05) is 31.3 Å². The number of rotatable bonds is 4. The van der Waals surface area contributed by atoms with Gasteiger partial charge in [-0.1, -0.05) is 0 Å². The summed E-state index contributed by atoms with van der Waals surface area (Å²) in [6.07, 6.45) is 3.55. The van der Waals surface area contributed by atoms with Gasteiger partial charge in [0.25, 0.3) is 0 Å². The lowest BCUT2D eigenvalue weighted by molar-refractivity contribution is -0.135. The second-order valence-corrected chi connectivity index (χ2v) is 5.80. The largest absolute Gasteiger partial charge is 0.341 e. The van der Waals surface area contributed by atoms with E-state index in [2.05, 4.69) is 0 Å². The van der Waals surface area contributed by atoms with E-state index in [0.29, 0.717) is 24.4 Å². The number of carbonyl (C=O) groups is 1. The van der Waals surface area contributed by atoms with Crippen LogP contribution < -0.4 is 5.73 Å². The first-order valence-electron chi connectivity index (χ1n) is 5.78. The molecule has 1 aliphatic heterocycles. The Bertz CT molecular complexity index is 237. The van der Waals surface area contributed by atoms with Gasteiger partial charge in [-0.15, -0.1) is 0 Å². The molecule has 1 heterocycles. The number of nitrogens with two attached hydrogens (primary N) is 1. The first-order chi connectivity index (χ1) is 7.24. The maximum atomic E-state index is 12.1. The lowest BCUT2D eigenvalue weighted by atomic mass is 10.1. The second-order valence-electron chi connectivity index (χ2n) is 4.65.